The van der Waals surface area contributed by atoms with Gasteiger partial charge in [-0.2, -0.15) is 5.26 Å². The van der Waals surface area contributed by atoms with E-state index < -0.39 is 5.97 Å². The quantitative estimate of drug-likeness (QED) is 0.890. The van der Waals surface area contributed by atoms with Crippen LogP contribution >= 0.6 is 0 Å². The lowest BCUT2D eigenvalue weighted by atomic mass is 10.2. The summed E-state index contributed by atoms with van der Waals surface area (Å²) in [4.78, 5) is 14.6. The average Bonchev–Trinajstić information content (AvgIpc) is 2.40. The largest absolute Gasteiger partial charge is 0.478 e. The maximum Gasteiger partial charge on any atom is 0.335 e. The van der Waals surface area contributed by atoms with Gasteiger partial charge in [-0.15, -0.1) is 0 Å². The molecule has 0 radical (unpaired) electrons. The molecule has 0 bridgehead atoms. The Morgan fingerprint density at radius 2 is 2.11 bits per heavy atom. The summed E-state index contributed by atoms with van der Waals surface area (Å²) in [5, 5.41) is 17.4. The predicted octanol–water partition coefficient (Wildman–Crippen LogP) is 2.44. The molecular formula is C13H8N2O3. The summed E-state index contributed by atoms with van der Waals surface area (Å²) in [6.07, 6.45) is 1.41. The van der Waals surface area contributed by atoms with E-state index in [1.54, 1.807) is 18.2 Å². The topological polar surface area (TPSA) is 83.2 Å². The van der Waals surface area contributed by atoms with E-state index in [0.717, 1.165) is 0 Å². The zero-order valence-electron chi connectivity index (χ0n) is 9.20. The maximum atomic E-state index is 10.8. The zero-order valence-corrected chi connectivity index (χ0v) is 9.20. The fourth-order valence-corrected chi connectivity index (χ4v) is 1.34. The number of carboxylic acids is 1. The minimum Gasteiger partial charge on any atom is -0.478 e. The van der Waals surface area contributed by atoms with Crippen molar-refractivity contribution >= 4 is 5.97 Å². The minimum absolute atomic E-state index is 0.147. The van der Waals surface area contributed by atoms with Crippen molar-refractivity contribution in [1.82, 2.24) is 4.98 Å². The van der Waals surface area contributed by atoms with Gasteiger partial charge in [0, 0.05) is 0 Å². The van der Waals surface area contributed by atoms with Crippen molar-refractivity contribution in [3.05, 3.63) is 53.9 Å². The number of ether oxygens (including phenoxy) is 1. The number of nitriles is 1. The van der Waals surface area contributed by atoms with Crippen LogP contribution in [0.25, 0.3) is 0 Å². The monoisotopic (exact) mass is 240 g/mol. The van der Waals surface area contributed by atoms with Crippen LogP contribution in [0.1, 0.15) is 16.1 Å². The molecule has 1 N–H and O–H groups in total. The number of aromatic carboxylic acids is 1. The Hall–Kier alpha value is -2.87. The minimum atomic E-state index is -1.02. The lowest BCUT2D eigenvalue weighted by Crippen LogP contribution is -1.96. The Labute approximate surface area is 103 Å². The molecule has 0 spiro atoms. The van der Waals surface area contributed by atoms with Crippen molar-refractivity contribution in [2.45, 2.75) is 0 Å². The smallest absolute Gasteiger partial charge is 0.335 e. The number of carboxylic acid groups (broad SMARTS) is 1. The van der Waals surface area contributed by atoms with Gasteiger partial charge in [0.05, 0.1) is 11.8 Å². The predicted molar refractivity (Wildman–Crippen MR) is 62.4 cm³/mol. The van der Waals surface area contributed by atoms with Gasteiger partial charge >= 0.3 is 5.97 Å². The van der Waals surface area contributed by atoms with E-state index >= 15 is 0 Å². The third kappa shape index (κ3) is 2.62. The SMILES string of the molecule is N#Cc1ccc(Oc2cccc(C(=O)O)c2)cn1. The third-order valence-corrected chi connectivity index (χ3v) is 2.17. The number of benzene rings is 1. The number of rotatable bonds is 3. The van der Waals surface area contributed by atoms with Crippen LogP contribution in [0, 0.1) is 11.3 Å². The molecule has 0 unspecified atom stereocenters. The molecule has 88 valence electrons. The molecule has 2 aromatic rings. The van der Waals surface area contributed by atoms with Gasteiger partial charge in [0.25, 0.3) is 0 Å². The van der Waals surface area contributed by atoms with Crippen molar-refractivity contribution < 1.29 is 14.6 Å². The van der Waals surface area contributed by atoms with E-state index in [1.807, 2.05) is 6.07 Å². The molecule has 0 aliphatic rings. The molecule has 5 heteroatoms. The molecule has 2 rings (SSSR count). The van der Waals surface area contributed by atoms with Gasteiger partial charge in [0.2, 0.25) is 0 Å². The van der Waals surface area contributed by atoms with Gasteiger partial charge in [0.1, 0.15) is 23.3 Å². The van der Waals surface area contributed by atoms with Gasteiger partial charge in [-0.3, -0.25) is 0 Å². The lowest BCUT2D eigenvalue weighted by Gasteiger charge is -2.05. The molecule has 0 saturated carbocycles. The summed E-state index contributed by atoms with van der Waals surface area (Å²) in [6.45, 7) is 0. The first kappa shape index (κ1) is 11.6. The highest BCUT2D eigenvalue weighted by molar-refractivity contribution is 5.88. The third-order valence-electron chi connectivity index (χ3n) is 2.17. The molecule has 1 aromatic carbocycles. The maximum absolute atomic E-state index is 10.8. The van der Waals surface area contributed by atoms with Crippen LogP contribution in [0.5, 0.6) is 11.5 Å². The standard InChI is InChI=1S/C13H8N2O3/c14-7-10-4-5-12(8-15-10)18-11-3-1-2-9(6-11)13(16)17/h1-6,8H,(H,16,17). The van der Waals surface area contributed by atoms with Crippen molar-refractivity contribution in [2.75, 3.05) is 0 Å². The molecule has 0 fully saturated rings. The Bertz CT molecular complexity index is 615. The number of nitrogens with zero attached hydrogens (tertiary/aromatic N) is 2. The number of hydrogen-bond donors (Lipinski definition) is 1. The fourth-order valence-electron chi connectivity index (χ4n) is 1.34. The molecule has 0 aliphatic carbocycles. The van der Waals surface area contributed by atoms with Crippen LogP contribution in [0.15, 0.2) is 42.6 Å². The highest BCUT2D eigenvalue weighted by atomic mass is 16.5. The van der Waals surface area contributed by atoms with Gasteiger partial charge in [-0.05, 0) is 30.3 Å². The number of carbonyl (C=O) groups is 1. The van der Waals surface area contributed by atoms with Crippen LogP contribution in [0.2, 0.25) is 0 Å². The Kier molecular flexibility index (Phi) is 3.21. The van der Waals surface area contributed by atoms with Gasteiger partial charge < -0.3 is 9.84 Å². The van der Waals surface area contributed by atoms with Crippen molar-refractivity contribution in [1.29, 1.82) is 5.26 Å². The first-order valence-corrected chi connectivity index (χ1v) is 5.06. The molecule has 0 amide bonds. The van der Waals surface area contributed by atoms with Gasteiger partial charge in [-0.25, -0.2) is 9.78 Å². The number of pyridine rings is 1. The van der Waals surface area contributed by atoms with Crippen LogP contribution in [0.3, 0.4) is 0 Å². The summed E-state index contributed by atoms with van der Waals surface area (Å²) in [5.74, 6) is -0.170. The molecule has 0 aliphatic heterocycles. The second-order valence-electron chi connectivity index (χ2n) is 3.43. The van der Waals surface area contributed by atoms with E-state index in [-0.39, 0.29) is 5.56 Å². The second-order valence-corrected chi connectivity index (χ2v) is 3.43. The Balaban J connectivity index is 2.20. The lowest BCUT2D eigenvalue weighted by molar-refractivity contribution is 0.0696. The fraction of sp³-hybridized carbons (Fsp3) is 0. The highest BCUT2D eigenvalue weighted by Gasteiger charge is 2.04. The summed E-state index contributed by atoms with van der Waals surface area (Å²) in [6, 6.07) is 11.2. The van der Waals surface area contributed by atoms with Crippen molar-refractivity contribution in [3.8, 4) is 17.6 Å². The molecule has 0 saturated heterocycles. The van der Waals surface area contributed by atoms with Crippen LogP contribution < -0.4 is 4.74 Å². The van der Waals surface area contributed by atoms with Crippen molar-refractivity contribution in [3.63, 3.8) is 0 Å². The summed E-state index contributed by atoms with van der Waals surface area (Å²) in [7, 11) is 0. The number of hydrogen-bond acceptors (Lipinski definition) is 4. The van der Waals surface area contributed by atoms with E-state index in [4.69, 9.17) is 15.1 Å². The van der Waals surface area contributed by atoms with E-state index in [2.05, 4.69) is 4.98 Å². The van der Waals surface area contributed by atoms with Crippen LogP contribution in [0.4, 0.5) is 0 Å². The van der Waals surface area contributed by atoms with E-state index in [9.17, 15) is 4.79 Å². The average molecular weight is 240 g/mol. The molecule has 18 heavy (non-hydrogen) atoms. The summed E-state index contributed by atoms with van der Waals surface area (Å²) >= 11 is 0. The molecule has 0 atom stereocenters. The Morgan fingerprint density at radius 1 is 1.28 bits per heavy atom. The first-order valence-electron chi connectivity index (χ1n) is 5.06. The van der Waals surface area contributed by atoms with Crippen molar-refractivity contribution in [2.24, 2.45) is 0 Å². The molecule has 1 heterocycles. The summed E-state index contributed by atoms with van der Waals surface area (Å²) in [5.41, 5.74) is 0.441. The molecular weight excluding hydrogens is 232 g/mol. The highest BCUT2D eigenvalue weighted by Crippen LogP contribution is 2.21. The zero-order chi connectivity index (χ0) is 13.0. The number of aromatic nitrogens is 1. The normalized spacial score (nSPS) is 9.50. The second kappa shape index (κ2) is 4.97. The Morgan fingerprint density at radius 3 is 2.72 bits per heavy atom. The van der Waals surface area contributed by atoms with E-state index in [0.29, 0.717) is 17.2 Å². The molecule has 1 aromatic heterocycles. The van der Waals surface area contributed by atoms with Gasteiger partial charge in [-0.1, -0.05) is 6.07 Å². The van der Waals surface area contributed by atoms with E-state index in [1.165, 1.54) is 24.4 Å². The first-order chi connectivity index (χ1) is 8.69. The van der Waals surface area contributed by atoms with Crippen LogP contribution in [-0.4, -0.2) is 16.1 Å². The van der Waals surface area contributed by atoms with Crippen LogP contribution in [-0.2, 0) is 0 Å². The molecule has 5 nitrogen and oxygen atoms in total. The summed E-state index contributed by atoms with van der Waals surface area (Å²) < 4.78 is 5.43. The van der Waals surface area contributed by atoms with Gasteiger partial charge in [0.15, 0.2) is 0 Å².